The molecule has 0 bridgehead atoms. The fraction of sp³-hybridized carbons (Fsp3) is 0.0526. The van der Waals surface area contributed by atoms with Gasteiger partial charge in [-0.25, -0.2) is 0 Å². The number of benzene rings is 2. The first-order chi connectivity index (χ1) is 12.5. The Hall–Kier alpha value is -2.34. The molecule has 4 nitrogen and oxygen atoms in total. The highest BCUT2D eigenvalue weighted by atomic mass is 35.5. The molecule has 0 aliphatic carbocycles. The van der Waals surface area contributed by atoms with Crippen molar-refractivity contribution in [3.63, 3.8) is 0 Å². The Morgan fingerprint density at radius 2 is 1.65 bits per heavy atom. The van der Waals surface area contributed by atoms with Crippen LogP contribution in [-0.2, 0) is 0 Å². The molecule has 0 aliphatic heterocycles. The van der Waals surface area contributed by atoms with Crippen molar-refractivity contribution >= 4 is 57.7 Å². The van der Waals surface area contributed by atoms with Crippen LogP contribution in [-0.4, -0.2) is 11.8 Å². The van der Waals surface area contributed by atoms with Gasteiger partial charge in [-0.2, -0.15) is 0 Å². The van der Waals surface area contributed by atoms with Gasteiger partial charge in [-0.1, -0.05) is 35.3 Å². The van der Waals surface area contributed by atoms with E-state index in [1.54, 1.807) is 48.5 Å². The number of hydrogen-bond acceptors (Lipinski definition) is 3. The summed E-state index contributed by atoms with van der Waals surface area (Å²) in [4.78, 5) is 25.3. The molecule has 2 aromatic carbocycles. The highest BCUT2D eigenvalue weighted by Crippen LogP contribution is 2.26. The molecule has 0 unspecified atom stereocenters. The molecule has 0 saturated carbocycles. The van der Waals surface area contributed by atoms with E-state index in [1.165, 1.54) is 11.3 Å². The lowest BCUT2D eigenvalue weighted by Crippen LogP contribution is -2.15. The van der Waals surface area contributed by atoms with Gasteiger partial charge >= 0.3 is 0 Å². The van der Waals surface area contributed by atoms with E-state index >= 15 is 0 Å². The molecule has 0 atom stereocenters. The van der Waals surface area contributed by atoms with Crippen molar-refractivity contribution in [2.45, 2.75) is 6.92 Å². The quantitative estimate of drug-likeness (QED) is 0.571. The summed E-state index contributed by atoms with van der Waals surface area (Å²) >= 11 is 13.6. The average molecular weight is 405 g/mol. The summed E-state index contributed by atoms with van der Waals surface area (Å²) in [5.74, 6) is -0.594. The summed E-state index contributed by atoms with van der Waals surface area (Å²) in [7, 11) is 0. The second kappa shape index (κ2) is 7.91. The fourth-order valence-electron chi connectivity index (χ4n) is 2.29. The second-order valence-electron chi connectivity index (χ2n) is 5.49. The largest absolute Gasteiger partial charge is 0.322 e. The van der Waals surface area contributed by atoms with E-state index in [0.717, 1.165) is 5.56 Å². The molecular weight excluding hydrogens is 391 g/mol. The minimum absolute atomic E-state index is 0.273. The monoisotopic (exact) mass is 404 g/mol. The van der Waals surface area contributed by atoms with Crippen LogP contribution in [0.5, 0.6) is 0 Å². The van der Waals surface area contributed by atoms with Crippen LogP contribution in [0.3, 0.4) is 0 Å². The lowest BCUT2D eigenvalue weighted by molar-refractivity contribution is 0.101. The van der Waals surface area contributed by atoms with Crippen molar-refractivity contribution in [2.24, 2.45) is 0 Å². The molecule has 3 aromatic rings. The molecule has 3 rings (SSSR count). The molecule has 0 spiro atoms. The van der Waals surface area contributed by atoms with Gasteiger partial charge in [0.1, 0.15) is 0 Å². The normalized spacial score (nSPS) is 10.4. The minimum atomic E-state index is -0.321. The van der Waals surface area contributed by atoms with E-state index < -0.39 is 0 Å². The fourth-order valence-corrected chi connectivity index (χ4v) is 3.25. The maximum atomic E-state index is 12.5. The molecule has 132 valence electrons. The van der Waals surface area contributed by atoms with Crippen molar-refractivity contribution < 1.29 is 9.59 Å². The Balaban J connectivity index is 1.81. The van der Waals surface area contributed by atoms with E-state index in [-0.39, 0.29) is 11.8 Å². The summed E-state index contributed by atoms with van der Waals surface area (Å²) in [5, 5.41) is 8.29. The lowest BCUT2D eigenvalue weighted by Gasteiger charge is -2.11. The van der Waals surface area contributed by atoms with Crippen LogP contribution in [0.25, 0.3) is 0 Å². The molecule has 26 heavy (non-hydrogen) atoms. The van der Waals surface area contributed by atoms with E-state index in [1.807, 2.05) is 12.3 Å². The van der Waals surface area contributed by atoms with E-state index in [4.69, 9.17) is 23.2 Å². The van der Waals surface area contributed by atoms with Gasteiger partial charge in [0.05, 0.1) is 15.6 Å². The van der Waals surface area contributed by atoms with Crippen LogP contribution in [0.1, 0.15) is 25.6 Å². The molecular formula is C19H14Cl2N2O2S. The van der Waals surface area contributed by atoms with Gasteiger partial charge < -0.3 is 10.6 Å². The predicted molar refractivity (Wildman–Crippen MR) is 108 cm³/mol. The zero-order chi connectivity index (χ0) is 18.7. The number of amides is 2. The lowest BCUT2D eigenvalue weighted by atomic mass is 10.1. The van der Waals surface area contributed by atoms with Gasteiger partial charge in [0.15, 0.2) is 0 Å². The summed E-state index contributed by atoms with van der Waals surface area (Å²) in [6, 6.07) is 13.5. The minimum Gasteiger partial charge on any atom is -0.322 e. The Morgan fingerprint density at radius 1 is 0.885 bits per heavy atom. The van der Waals surface area contributed by atoms with E-state index in [2.05, 4.69) is 10.6 Å². The number of hydrogen-bond donors (Lipinski definition) is 2. The third-order valence-electron chi connectivity index (χ3n) is 3.74. The zero-order valence-corrected chi connectivity index (χ0v) is 16.0. The van der Waals surface area contributed by atoms with Crippen LogP contribution in [0.4, 0.5) is 11.4 Å². The van der Waals surface area contributed by atoms with Crippen molar-refractivity contribution in [3.8, 4) is 0 Å². The van der Waals surface area contributed by atoms with Gasteiger partial charge in [0, 0.05) is 16.3 Å². The molecule has 7 heteroatoms. The molecule has 0 saturated heterocycles. The number of carbonyl (C=O) groups is 2. The number of nitrogens with one attached hydrogen (secondary N) is 2. The Kier molecular flexibility index (Phi) is 5.61. The molecule has 2 amide bonds. The maximum absolute atomic E-state index is 12.5. The first-order valence-corrected chi connectivity index (χ1v) is 9.30. The van der Waals surface area contributed by atoms with Crippen LogP contribution in [0.2, 0.25) is 10.0 Å². The number of anilines is 2. The topological polar surface area (TPSA) is 58.2 Å². The number of thiophene rings is 1. The molecule has 1 aromatic heterocycles. The third-order valence-corrected chi connectivity index (χ3v) is 5.35. The highest BCUT2D eigenvalue weighted by molar-refractivity contribution is 7.12. The van der Waals surface area contributed by atoms with E-state index in [0.29, 0.717) is 31.9 Å². The molecule has 0 aliphatic rings. The highest BCUT2D eigenvalue weighted by Gasteiger charge is 2.14. The SMILES string of the molecule is Cc1c(Cl)cccc1NC(=O)c1ccc(Cl)c(NC(=O)c2cccs2)c1. The number of carbonyl (C=O) groups excluding carboxylic acids is 2. The summed E-state index contributed by atoms with van der Waals surface area (Å²) < 4.78 is 0. The van der Waals surface area contributed by atoms with Crippen LogP contribution in [0.15, 0.2) is 53.9 Å². The van der Waals surface area contributed by atoms with Gasteiger partial charge in [0.2, 0.25) is 0 Å². The van der Waals surface area contributed by atoms with E-state index in [9.17, 15) is 9.59 Å². The summed E-state index contributed by atoms with van der Waals surface area (Å²) in [6.07, 6.45) is 0. The summed E-state index contributed by atoms with van der Waals surface area (Å²) in [5.41, 5.74) is 2.15. The number of rotatable bonds is 4. The van der Waals surface area contributed by atoms with Crippen molar-refractivity contribution in [2.75, 3.05) is 10.6 Å². The molecule has 0 fully saturated rings. The third kappa shape index (κ3) is 4.07. The maximum Gasteiger partial charge on any atom is 0.265 e. The first-order valence-electron chi connectivity index (χ1n) is 7.66. The van der Waals surface area contributed by atoms with Crippen LogP contribution in [0, 0.1) is 6.92 Å². The van der Waals surface area contributed by atoms with Gasteiger partial charge in [-0.3, -0.25) is 9.59 Å². The molecule has 2 N–H and O–H groups in total. The van der Waals surface area contributed by atoms with Crippen LogP contribution >= 0.6 is 34.5 Å². The molecule has 0 radical (unpaired) electrons. The van der Waals surface area contributed by atoms with Crippen LogP contribution < -0.4 is 10.6 Å². The Morgan fingerprint density at radius 3 is 2.38 bits per heavy atom. The van der Waals surface area contributed by atoms with Gasteiger partial charge in [-0.15, -0.1) is 11.3 Å². The Bertz CT molecular complexity index is 972. The van der Waals surface area contributed by atoms with Gasteiger partial charge in [0.25, 0.3) is 11.8 Å². The molecule has 1 heterocycles. The average Bonchev–Trinajstić information content (AvgIpc) is 3.15. The number of halogens is 2. The Labute approximate surface area is 164 Å². The van der Waals surface area contributed by atoms with Gasteiger partial charge in [-0.05, 0) is 54.3 Å². The van der Waals surface area contributed by atoms with Crippen molar-refractivity contribution in [3.05, 3.63) is 80.0 Å². The van der Waals surface area contributed by atoms with Crippen molar-refractivity contribution in [1.82, 2.24) is 0 Å². The van der Waals surface area contributed by atoms with Crippen molar-refractivity contribution in [1.29, 1.82) is 0 Å². The smallest absolute Gasteiger partial charge is 0.265 e. The second-order valence-corrected chi connectivity index (χ2v) is 7.25. The summed E-state index contributed by atoms with van der Waals surface area (Å²) in [6.45, 7) is 1.83. The predicted octanol–water partition coefficient (Wildman–Crippen LogP) is 5.87. The standard InChI is InChI=1S/C19H14Cl2N2O2S/c1-11-13(20)4-2-5-15(11)22-18(24)12-7-8-14(21)16(10-12)23-19(25)17-6-3-9-26-17/h2-10H,1H3,(H,22,24)(H,23,25). The zero-order valence-electron chi connectivity index (χ0n) is 13.7. The first kappa shape index (κ1) is 18.5.